The molecule has 8 heteroatoms. The molecule has 106 valence electrons. The number of nitrogens with zero attached hydrogens (tertiary/aromatic N) is 3. The van der Waals surface area contributed by atoms with Gasteiger partial charge in [0.2, 0.25) is 0 Å². The van der Waals surface area contributed by atoms with Crippen LogP contribution >= 0.6 is 0 Å². The Morgan fingerprint density at radius 1 is 1.42 bits per heavy atom. The summed E-state index contributed by atoms with van der Waals surface area (Å²) in [5, 5.41) is 7.55. The normalized spacial score (nSPS) is 18.6. The quantitative estimate of drug-likeness (QED) is 0.758. The minimum atomic E-state index is -3.44. The van der Waals surface area contributed by atoms with Gasteiger partial charge in [-0.1, -0.05) is 0 Å². The van der Waals surface area contributed by atoms with Gasteiger partial charge >= 0.3 is 0 Å². The molecule has 0 atom stereocenters. The zero-order valence-corrected chi connectivity index (χ0v) is 11.5. The van der Waals surface area contributed by atoms with Crippen LogP contribution in [0.1, 0.15) is 18.5 Å². The van der Waals surface area contributed by atoms with E-state index in [4.69, 9.17) is 5.73 Å². The molecule has 2 heterocycles. The highest BCUT2D eigenvalue weighted by Crippen LogP contribution is 2.17. The van der Waals surface area contributed by atoms with Gasteiger partial charge in [0.1, 0.15) is 0 Å². The molecule has 1 saturated heterocycles. The minimum absolute atomic E-state index is 0.160. The van der Waals surface area contributed by atoms with Crippen molar-refractivity contribution in [1.82, 2.24) is 19.2 Å². The fraction of sp³-hybridized carbons (Fsp3) is 0.636. The van der Waals surface area contributed by atoms with Gasteiger partial charge in [0.15, 0.2) is 0 Å². The molecule has 0 aliphatic carbocycles. The van der Waals surface area contributed by atoms with Gasteiger partial charge in [0.25, 0.3) is 10.2 Å². The Kier molecular flexibility index (Phi) is 4.81. The summed E-state index contributed by atoms with van der Waals surface area (Å²) < 4.78 is 28.2. The van der Waals surface area contributed by atoms with Gasteiger partial charge in [-0.25, -0.2) is 0 Å². The molecular weight excluding hydrogens is 266 g/mol. The summed E-state index contributed by atoms with van der Waals surface area (Å²) in [6, 6.07) is 3.46. The molecule has 19 heavy (non-hydrogen) atoms. The van der Waals surface area contributed by atoms with Crippen LogP contribution in [0.15, 0.2) is 18.3 Å². The largest absolute Gasteiger partial charge is 0.330 e. The van der Waals surface area contributed by atoms with Crippen molar-refractivity contribution in [3.63, 3.8) is 0 Å². The summed E-state index contributed by atoms with van der Waals surface area (Å²) in [6.07, 6.45) is 3.20. The third kappa shape index (κ3) is 3.93. The van der Waals surface area contributed by atoms with Gasteiger partial charge in [0.05, 0.1) is 12.2 Å². The molecule has 1 aliphatic rings. The second-order valence-electron chi connectivity index (χ2n) is 4.62. The second kappa shape index (κ2) is 6.38. The first-order valence-corrected chi connectivity index (χ1v) is 7.77. The molecule has 0 aromatic carbocycles. The number of nitrogens with one attached hydrogen (secondary N) is 1. The number of hydrogen-bond donors (Lipinski definition) is 2. The highest BCUT2D eigenvalue weighted by Gasteiger charge is 2.27. The third-order valence-electron chi connectivity index (χ3n) is 3.31. The molecule has 1 fully saturated rings. The molecule has 7 nitrogen and oxygen atoms in total. The molecule has 0 spiro atoms. The summed E-state index contributed by atoms with van der Waals surface area (Å²) >= 11 is 0. The van der Waals surface area contributed by atoms with Crippen LogP contribution in [-0.2, 0) is 16.8 Å². The topological polar surface area (TPSA) is 101 Å². The van der Waals surface area contributed by atoms with Crippen LogP contribution in [0.4, 0.5) is 0 Å². The zero-order chi connectivity index (χ0) is 13.7. The van der Waals surface area contributed by atoms with Gasteiger partial charge in [-0.15, -0.1) is 0 Å². The molecule has 3 N–H and O–H groups in total. The minimum Gasteiger partial charge on any atom is -0.330 e. The van der Waals surface area contributed by atoms with E-state index in [0.717, 1.165) is 12.8 Å². The first-order valence-electron chi connectivity index (χ1n) is 6.33. The second-order valence-corrected chi connectivity index (χ2v) is 6.37. The Labute approximate surface area is 113 Å². The maximum atomic E-state index is 12.1. The maximum absolute atomic E-state index is 12.1. The van der Waals surface area contributed by atoms with E-state index in [2.05, 4.69) is 14.9 Å². The summed E-state index contributed by atoms with van der Waals surface area (Å²) in [4.78, 5) is 0. The lowest BCUT2D eigenvalue weighted by Crippen LogP contribution is -2.45. The number of piperidine rings is 1. The first-order chi connectivity index (χ1) is 9.12. The fourth-order valence-electron chi connectivity index (χ4n) is 2.07. The summed E-state index contributed by atoms with van der Waals surface area (Å²) in [5.41, 5.74) is 6.19. The monoisotopic (exact) mass is 285 g/mol. The number of hydrogen-bond acceptors (Lipinski definition) is 5. The summed E-state index contributed by atoms with van der Waals surface area (Å²) in [5.74, 6) is 0.437. The average molecular weight is 285 g/mol. The Morgan fingerprint density at radius 2 is 2.16 bits per heavy atom. The van der Waals surface area contributed by atoms with Gasteiger partial charge < -0.3 is 5.73 Å². The van der Waals surface area contributed by atoms with Crippen molar-refractivity contribution in [2.45, 2.75) is 19.4 Å². The van der Waals surface area contributed by atoms with Crippen molar-refractivity contribution in [3.05, 3.63) is 24.0 Å². The van der Waals surface area contributed by atoms with E-state index in [1.807, 2.05) is 0 Å². The van der Waals surface area contributed by atoms with E-state index < -0.39 is 10.2 Å². The van der Waals surface area contributed by atoms with E-state index >= 15 is 0 Å². The van der Waals surface area contributed by atoms with Crippen LogP contribution in [0.3, 0.4) is 0 Å². The van der Waals surface area contributed by atoms with Crippen molar-refractivity contribution in [1.29, 1.82) is 0 Å². The molecule has 2 rings (SSSR count). The molecular formula is C11H19N5O2S. The Hall–Kier alpha value is -1.09. The van der Waals surface area contributed by atoms with Crippen LogP contribution in [0, 0.1) is 5.92 Å². The van der Waals surface area contributed by atoms with E-state index in [0.29, 0.717) is 31.2 Å². The van der Waals surface area contributed by atoms with E-state index in [-0.39, 0.29) is 6.54 Å². The predicted molar refractivity (Wildman–Crippen MR) is 71.1 cm³/mol. The number of nitrogens with two attached hydrogens (primary N) is 1. The van der Waals surface area contributed by atoms with Gasteiger partial charge in [-0.2, -0.15) is 27.6 Å². The van der Waals surface area contributed by atoms with E-state index in [9.17, 15) is 8.42 Å². The lowest BCUT2D eigenvalue weighted by atomic mass is 9.99. The van der Waals surface area contributed by atoms with Crippen molar-refractivity contribution < 1.29 is 8.42 Å². The lowest BCUT2D eigenvalue weighted by molar-refractivity contribution is 0.275. The van der Waals surface area contributed by atoms with Crippen LogP contribution in [0.2, 0.25) is 0 Å². The van der Waals surface area contributed by atoms with Crippen molar-refractivity contribution in [3.8, 4) is 0 Å². The fourth-order valence-corrected chi connectivity index (χ4v) is 3.27. The standard InChI is InChI=1S/C11H19N5O2S/c12-8-10-3-6-16(7-4-10)19(17,18)14-9-11-2-1-5-13-15-11/h1-2,5,10,14H,3-4,6-9,12H2. The average Bonchev–Trinajstić information content (AvgIpc) is 2.46. The molecule has 1 aromatic heterocycles. The molecule has 0 unspecified atom stereocenters. The van der Waals surface area contributed by atoms with Crippen molar-refractivity contribution in [2.75, 3.05) is 19.6 Å². The highest BCUT2D eigenvalue weighted by atomic mass is 32.2. The summed E-state index contributed by atoms with van der Waals surface area (Å²) in [6.45, 7) is 1.84. The smallest absolute Gasteiger partial charge is 0.279 e. The Morgan fingerprint density at radius 3 is 2.74 bits per heavy atom. The van der Waals surface area contributed by atoms with Crippen LogP contribution in [0.25, 0.3) is 0 Å². The first kappa shape index (κ1) is 14.3. The van der Waals surface area contributed by atoms with E-state index in [1.165, 1.54) is 4.31 Å². The molecule has 0 radical (unpaired) electrons. The molecule has 0 saturated carbocycles. The summed E-state index contributed by atoms with van der Waals surface area (Å²) in [7, 11) is -3.44. The van der Waals surface area contributed by atoms with E-state index in [1.54, 1.807) is 18.3 Å². The Balaban J connectivity index is 1.89. The molecule has 1 aromatic rings. The zero-order valence-electron chi connectivity index (χ0n) is 10.7. The van der Waals surface area contributed by atoms with Crippen molar-refractivity contribution in [2.24, 2.45) is 11.7 Å². The Bertz CT molecular complexity index is 485. The van der Waals surface area contributed by atoms with Crippen LogP contribution in [0.5, 0.6) is 0 Å². The predicted octanol–water partition coefficient (Wildman–Crippen LogP) is -0.518. The number of rotatable bonds is 5. The molecule has 0 bridgehead atoms. The molecule has 0 amide bonds. The highest BCUT2D eigenvalue weighted by molar-refractivity contribution is 7.87. The maximum Gasteiger partial charge on any atom is 0.279 e. The SMILES string of the molecule is NCC1CCN(S(=O)(=O)NCc2cccnn2)CC1. The molecule has 1 aliphatic heterocycles. The van der Waals surface area contributed by atoms with Crippen molar-refractivity contribution >= 4 is 10.2 Å². The van der Waals surface area contributed by atoms with Gasteiger partial charge in [0, 0.05) is 19.3 Å². The lowest BCUT2D eigenvalue weighted by Gasteiger charge is -2.30. The van der Waals surface area contributed by atoms with Crippen LogP contribution in [-0.4, -0.2) is 42.6 Å². The third-order valence-corrected chi connectivity index (χ3v) is 4.86. The van der Waals surface area contributed by atoms with Gasteiger partial charge in [-0.3, -0.25) is 0 Å². The number of aromatic nitrogens is 2. The van der Waals surface area contributed by atoms with Crippen LogP contribution < -0.4 is 10.5 Å². The van der Waals surface area contributed by atoms with Gasteiger partial charge in [-0.05, 0) is 37.4 Å².